The van der Waals surface area contributed by atoms with E-state index in [9.17, 15) is 9.18 Å². The molecule has 1 saturated heterocycles. The molecule has 5 aromatic rings. The van der Waals surface area contributed by atoms with Crippen molar-refractivity contribution in [3.8, 4) is 17.2 Å². The summed E-state index contributed by atoms with van der Waals surface area (Å²) in [5.74, 6) is 0.307. The minimum atomic E-state index is -0.871. The molecule has 0 bridgehead atoms. The highest BCUT2D eigenvalue weighted by Crippen LogP contribution is 2.40. The maximum atomic E-state index is 14.8. The average molecular weight is 603 g/mol. The van der Waals surface area contributed by atoms with E-state index in [0.717, 1.165) is 24.9 Å². The second-order valence-electron chi connectivity index (χ2n) is 10.2. The third kappa shape index (κ3) is 5.79. The first-order chi connectivity index (χ1) is 20.8. The third-order valence-electron chi connectivity index (χ3n) is 7.35. The summed E-state index contributed by atoms with van der Waals surface area (Å²) in [6.45, 7) is 2.77. The molecule has 4 heterocycles. The smallest absolute Gasteiger partial charge is 0.284 e. The van der Waals surface area contributed by atoms with Crippen LogP contribution in [0.5, 0.6) is 17.2 Å². The molecule has 13 heteroatoms. The summed E-state index contributed by atoms with van der Waals surface area (Å²) in [4.78, 5) is 27.6. The van der Waals surface area contributed by atoms with E-state index in [-0.39, 0.29) is 16.8 Å². The summed E-state index contributed by atoms with van der Waals surface area (Å²) >= 11 is 6.76. The molecule has 0 radical (unpaired) electrons. The van der Waals surface area contributed by atoms with E-state index >= 15 is 0 Å². The number of likely N-dealkylation sites (tertiary alicyclic amines) is 1. The number of methoxy groups -OCH3 is 1. The van der Waals surface area contributed by atoms with Gasteiger partial charge in [0.2, 0.25) is 0 Å². The number of ether oxygens (including phenoxy) is 2. The number of aromatic nitrogens is 5. The molecule has 43 heavy (non-hydrogen) atoms. The molecule has 11 nitrogen and oxygen atoms in total. The molecule has 0 aliphatic carbocycles. The predicted octanol–water partition coefficient (Wildman–Crippen LogP) is 6.06. The molecule has 0 unspecified atom stereocenters. The van der Waals surface area contributed by atoms with Gasteiger partial charge < -0.3 is 20.1 Å². The van der Waals surface area contributed by atoms with Crippen molar-refractivity contribution >= 4 is 51.3 Å². The SMILES string of the molecule is COc1cc(Oc2ccn3ncnc3c2)c(C)cc1Nc1ncnc2ccc(NC(=O)/C(F)=C\[C@H]3CCCN3C)c(Cl)c12. The maximum Gasteiger partial charge on any atom is 0.284 e. The molecule has 1 amide bonds. The summed E-state index contributed by atoms with van der Waals surface area (Å²) in [7, 11) is 3.46. The van der Waals surface area contributed by atoms with Gasteiger partial charge >= 0.3 is 0 Å². The number of amides is 1. The number of halogens is 2. The Kier molecular flexibility index (Phi) is 7.78. The van der Waals surface area contributed by atoms with Gasteiger partial charge in [0.25, 0.3) is 5.91 Å². The Morgan fingerprint density at radius 3 is 2.77 bits per heavy atom. The largest absolute Gasteiger partial charge is 0.494 e. The lowest BCUT2D eigenvalue weighted by Gasteiger charge is -2.17. The summed E-state index contributed by atoms with van der Waals surface area (Å²) in [5.41, 5.74) is 2.83. The topological polar surface area (TPSA) is 119 Å². The van der Waals surface area contributed by atoms with Crippen LogP contribution in [0.3, 0.4) is 0 Å². The fraction of sp³-hybridized carbons (Fsp3) is 0.233. The first-order valence-electron chi connectivity index (χ1n) is 13.6. The van der Waals surface area contributed by atoms with Gasteiger partial charge in [-0.25, -0.2) is 23.9 Å². The number of benzene rings is 2. The Morgan fingerprint density at radius 1 is 1.12 bits per heavy atom. The number of nitrogens with zero attached hydrogens (tertiary/aromatic N) is 6. The number of hydrogen-bond acceptors (Lipinski definition) is 9. The van der Waals surface area contributed by atoms with E-state index in [1.165, 1.54) is 18.7 Å². The van der Waals surface area contributed by atoms with Gasteiger partial charge in [-0.3, -0.25) is 9.69 Å². The number of rotatable bonds is 8. The molecule has 2 N–H and O–H groups in total. The molecule has 0 spiro atoms. The van der Waals surface area contributed by atoms with E-state index in [2.05, 4.69) is 30.7 Å². The zero-order chi connectivity index (χ0) is 30.1. The number of aryl methyl sites for hydroxylation is 1. The van der Waals surface area contributed by atoms with E-state index in [1.807, 2.05) is 24.9 Å². The molecule has 0 saturated carbocycles. The summed E-state index contributed by atoms with van der Waals surface area (Å²) in [5, 5.41) is 10.6. The zero-order valence-electron chi connectivity index (χ0n) is 23.6. The first-order valence-corrected chi connectivity index (χ1v) is 13.9. The van der Waals surface area contributed by atoms with Crippen molar-refractivity contribution in [2.75, 3.05) is 31.3 Å². The van der Waals surface area contributed by atoms with Gasteiger partial charge in [-0.05, 0) is 69.3 Å². The van der Waals surface area contributed by atoms with Crippen molar-refractivity contribution in [2.24, 2.45) is 0 Å². The van der Waals surface area contributed by atoms with Crippen molar-refractivity contribution in [1.82, 2.24) is 29.5 Å². The van der Waals surface area contributed by atoms with Crippen LogP contribution in [-0.4, -0.2) is 62.1 Å². The lowest BCUT2D eigenvalue weighted by atomic mass is 10.1. The van der Waals surface area contributed by atoms with Crippen molar-refractivity contribution in [2.45, 2.75) is 25.8 Å². The van der Waals surface area contributed by atoms with Crippen LogP contribution in [0.25, 0.3) is 16.6 Å². The van der Waals surface area contributed by atoms with Gasteiger partial charge in [0.15, 0.2) is 11.5 Å². The van der Waals surface area contributed by atoms with Crippen LogP contribution in [0.15, 0.2) is 67.2 Å². The molecule has 1 fully saturated rings. The molecule has 6 rings (SSSR count). The number of anilines is 3. The van der Waals surface area contributed by atoms with Crippen molar-refractivity contribution in [1.29, 1.82) is 0 Å². The van der Waals surface area contributed by atoms with Crippen LogP contribution in [0.4, 0.5) is 21.6 Å². The Bertz CT molecular complexity index is 1880. The fourth-order valence-corrected chi connectivity index (χ4v) is 5.33. The number of pyridine rings is 1. The Hall–Kier alpha value is -4.81. The number of likely N-dealkylation sites (N-methyl/N-ethyl adjacent to an activating group) is 1. The van der Waals surface area contributed by atoms with Gasteiger partial charge in [0.1, 0.15) is 35.7 Å². The molecule has 220 valence electrons. The monoisotopic (exact) mass is 602 g/mol. The number of nitrogens with one attached hydrogen (secondary N) is 2. The highest BCUT2D eigenvalue weighted by Gasteiger charge is 2.22. The van der Waals surface area contributed by atoms with Crippen molar-refractivity contribution in [3.05, 3.63) is 77.7 Å². The maximum absolute atomic E-state index is 14.8. The van der Waals surface area contributed by atoms with Crippen LogP contribution < -0.4 is 20.1 Å². The molecule has 1 aliphatic rings. The van der Waals surface area contributed by atoms with Gasteiger partial charge in [0.05, 0.1) is 34.4 Å². The average Bonchev–Trinajstić information content (AvgIpc) is 3.64. The lowest BCUT2D eigenvalue weighted by Crippen LogP contribution is -2.24. The number of fused-ring (bicyclic) bond motifs is 2. The van der Waals surface area contributed by atoms with E-state index in [1.54, 1.807) is 48.2 Å². The molecule has 1 aliphatic heterocycles. The second kappa shape index (κ2) is 11.8. The number of carbonyl (C=O) groups excluding carboxylic acids is 1. The summed E-state index contributed by atoms with van der Waals surface area (Å²) < 4.78 is 28.2. The fourth-order valence-electron chi connectivity index (χ4n) is 5.04. The minimum Gasteiger partial charge on any atom is -0.494 e. The normalized spacial score (nSPS) is 15.7. The number of carbonyl (C=O) groups is 1. The first kappa shape index (κ1) is 28.3. The standard InChI is InChI=1S/C30H28ClFN8O3/c1-17-11-23(25(42-3)14-24(17)43-19-8-10-40-26(13-19)34-16-36-40)37-29-27-21(33-15-35-29)6-7-22(28(27)31)38-30(41)20(32)12-18-5-4-9-39(18)2/h6-8,10-16,18H,4-5,9H2,1-3H3,(H,38,41)(H,33,35,37)/b20-12+/t18-/m1/s1. The van der Waals surface area contributed by atoms with Crippen molar-refractivity contribution in [3.63, 3.8) is 0 Å². The third-order valence-corrected chi connectivity index (χ3v) is 7.74. The Balaban J connectivity index is 1.27. The highest BCUT2D eigenvalue weighted by molar-refractivity contribution is 6.39. The van der Waals surface area contributed by atoms with E-state index in [0.29, 0.717) is 45.3 Å². The Labute approximate surface area is 251 Å². The Morgan fingerprint density at radius 2 is 1.98 bits per heavy atom. The van der Waals surface area contributed by atoms with Gasteiger partial charge in [-0.1, -0.05) is 11.6 Å². The van der Waals surface area contributed by atoms with Crippen LogP contribution in [-0.2, 0) is 4.79 Å². The molecule has 3 aromatic heterocycles. The molecule has 1 atom stereocenters. The molecular weight excluding hydrogens is 575 g/mol. The van der Waals surface area contributed by atoms with Crippen LogP contribution in [0.2, 0.25) is 5.02 Å². The van der Waals surface area contributed by atoms with Gasteiger partial charge in [-0.15, -0.1) is 0 Å². The van der Waals surface area contributed by atoms with E-state index in [4.69, 9.17) is 21.1 Å². The van der Waals surface area contributed by atoms with Crippen LogP contribution >= 0.6 is 11.6 Å². The summed E-state index contributed by atoms with van der Waals surface area (Å²) in [6.07, 6.45) is 7.74. The van der Waals surface area contributed by atoms with Crippen molar-refractivity contribution < 1.29 is 18.7 Å². The number of hydrogen-bond donors (Lipinski definition) is 2. The van der Waals surface area contributed by atoms with Crippen LogP contribution in [0.1, 0.15) is 18.4 Å². The zero-order valence-corrected chi connectivity index (χ0v) is 24.4. The second-order valence-corrected chi connectivity index (χ2v) is 10.6. The van der Waals surface area contributed by atoms with E-state index < -0.39 is 11.7 Å². The van der Waals surface area contributed by atoms with Crippen LogP contribution in [0, 0.1) is 6.92 Å². The predicted molar refractivity (Wildman–Crippen MR) is 162 cm³/mol. The molecular formula is C30H28ClFN8O3. The quantitative estimate of drug-likeness (QED) is 0.204. The summed E-state index contributed by atoms with van der Waals surface area (Å²) in [6, 6.07) is 10.3. The lowest BCUT2D eigenvalue weighted by molar-refractivity contribution is -0.114. The van der Waals surface area contributed by atoms with Gasteiger partial charge in [0, 0.05) is 24.4 Å². The highest BCUT2D eigenvalue weighted by atomic mass is 35.5. The van der Waals surface area contributed by atoms with Gasteiger partial charge in [-0.2, -0.15) is 5.10 Å². The minimum absolute atomic E-state index is 0.116. The molecule has 2 aromatic carbocycles.